The number of anilines is 1. The third-order valence-electron chi connectivity index (χ3n) is 3.37. The third kappa shape index (κ3) is 3.27. The van der Waals surface area contributed by atoms with Gasteiger partial charge in [-0.05, 0) is 26.0 Å². The fourth-order valence-electron chi connectivity index (χ4n) is 2.17. The number of benzene rings is 1. The number of hydrogen-bond acceptors (Lipinski definition) is 5. The molecule has 0 spiro atoms. The van der Waals surface area contributed by atoms with E-state index in [4.69, 9.17) is 9.05 Å². The molecule has 2 amide bonds. The molecule has 2 N–H and O–H groups in total. The van der Waals surface area contributed by atoms with Gasteiger partial charge in [0.2, 0.25) is 0 Å². The van der Waals surface area contributed by atoms with Crippen LogP contribution in [0.5, 0.6) is 0 Å². The van der Waals surface area contributed by atoms with Gasteiger partial charge < -0.3 is 14.4 Å². The first-order valence-corrected chi connectivity index (χ1v) is 7.23. The molecule has 0 fully saturated rings. The summed E-state index contributed by atoms with van der Waals surface area (Å²) in [6, 6.07) is 7.43. The van der Waals surface area contributed by atoms with Crippen LogP contribution in [0.1, 0.15) is 17.0 Å². The van der Waals surface area contributed by atoms with Gasteiger partial charge in [-0.1, -0.05) is 22.4 Å². The van der Waals surface area contributed by atoms with Crippen molar-refractivity contribution < 1.29 is 18.2 Å². The van der Waals surface area contributed by atoms with Gasteiger partial charge >= 0.3 is 6.03 Å². The molecule has 0 unspecified atom stereocenters. The lowest BCUT2D eigenvalue weighted by Crippen LogP contribution is -2.28. The van der Waals surface area contributed by atoms with Crippen LogP contribution in [0.15, 0.2) is 39.4 Å². The van der Waals surface area contributed by atoms with Crippen LogP contribution in [-0.4, -0.2) is 16.3 Å². The molecule has 0 aliphatic carbocycles. The van der Waals surface area contributed by atoms with Crippen molar-refractivity contribution >= 4 is 11.8 Å². The highest BCUT2D eigenvalue weighted by Gasteiger charge is 2.18. The minimum absolute atomic E-state index is 0.184. The smallest absolute Gasteiger partial charge is 0.320 e. The lowest BCUT2D eigenvalue weighted by molar-refractivity contribution is 0.249. The van der Waals surface area contributed by atoms with Gasteiger partial charge in [0.25, 0.3) is 0 Å². The Kier molecular flexibility index (Phi) is 4.28. The number of nitrogens with zero attached hydrogens (tertiary/aromatic N) is 2. The average molecular weight is 330 g/mol. The van der Waals surface area contributed by atoms with Gasteiger partial charge in [-0.25, -0.2) is 9.18 Å². The fourth-order valence-corrected chi connectivity index (χ4v) is 2.17. The molecule has 124 valence electrons. The van der Waals surface area contributed by atoms with E-state index in [0.29, 0.717) is 11.3 Å². The minimum Gasteiger partial charge on any atom is -0.359 e. The number of amides is 2. The summed E-state index contributed by atoms with van der Waals surface area (Å²) in [5, 5.41) is 12.7. The van der Waals surface area contributed by atoms with Crippen LogP contribution in [0.2, 0.25) is 0 Å². The van der Waals surface area contributed by atoms with E-state index in [1.165, 1.54) is 6.07 Å². The van der Waals surface area contributed by atoms with Crippen molar-refractivity contribution in [3.8, 4) is 11.3 Å². The normalized spacial score (nSPS) is 10.6. The van der Waals surface area contributed by atoms with Crippen molar-refractivity contribution in [2.75, 3.05) is 5.32 Å². The van der Waals surface area contributed by atoms with E-state index in [1.54, 1.807) is 38.1 Å². The number of aromatic nitrogens is 2. The van der Waals surface area contributed by atoms with E-state index in [9.17, 15) is 9.18 Å². The van der Waals surface area contributed by atoms with Crippen LogP contribution < -0.4 is 10.6 Å². The second-order valence-electron chi connectivity index (χ2n) is 5.21. The zero-order valence-electron chi connectivity index (χ0n) is 13.1. The Morgan fingerprint density at radius 3 is 2.71 bits per heavy atom. The van der Waals surface area contributed by atoms with Crippen LogP contribution in [0.3, 0.4) is 0 Å². The minimum atomic E-state index is -0.486. The first-order valence-electron chi connectivity index (χ1n) is 7.23. The van der Waals surface area contributed by atoms with Crippen molar-refractivity contribution in [2.24, 2.45) is 0 Å². The molecule has 0 atom stereocenters. The Balaban J connectivity index is 1.68. The SMILES string of the molecule is Cc1cc(CNC(=O)Nc2noc(-c3ccccc3F)c2C)on1. The van der Waals surface area contributed by atoms with Gasteiger partial charge in [0.05, 0.1) is 17.8 Å². The maximum atomic E-state index is 13.8. The second kappa shape index (κ2) is 6.53. The van der Waals surface area contributed by atoms with Gasteiger partial charge in [0.1, 0.15) is 5.82 Å². The number of urea groups is 1. The van der Waals surface area contributed by atoms with E-state index >= 15 is 0 Å². The summed E-state index contributed by atoms with van der Waals surface area (Å²) in [5.74, 6) is 0.605. The summed E-state index contributed by atoms with van der Waals surface area (Å²) in [4.78, 5) is 11.9. The van der Waals surface area contributed by atoms with Crippen LogP contribution in [0, 0.1) is 19.7 Å². The highest BCUT2D eigenvalue weighted by atomic mass is 19.1. The Morgan fingerprint density at radius 2 is 2.00 bits per heavy atom. The number of halogens is 1. The van der Waals surface area contributed by atoms with Crippen molar-refractivity contribution in [3.63, 3.8) is 0 Å². The van der Waals surface area contributed by atoms with Crippen LogP contribution >= 0.6 is 0 Å². The predicted octanol–water partition coefficient (Wildman–Crippen LogP) is 3.41. The Morgan fingerprint density at radius 1 is 1.21 bits per heavy atom. The summed E-state index contributed by atoms with van der Waals surface area (Å²) in [6.45, 7) is 3.66. The summed E-state index contributed by atoms with van der Waals surface area (Å²) < 4.78 is 24.0. The molecule has 0 bridgehead atoms. The highest BCUT2D eigenvalue weighted by Crippen LogP contribution is 2.30. The van der Waals surface area contributed by atoms with Gasteiger partial charge in [0, 0.05) is 11.6 Å². The first kappa shape index (κ1) is 15.7. The number of hydrogen-bond donors (Lipinski definition) is 2. The first-order chi connectivity index (χ1) is 11.5. The van der Waals surface area contributed by atoms with Crippen LogP contribution in [0.4, 0.5) is 15.0 Å². The molecule has 0 saturated heterocycles. The molecular formula is C16H15FN4O3. The largest absolute Gasteiger partial charge is 0.359 e. The molecule has 0 radical (unpaired) electrons. The molecule has 2 heterocycles. The average Bonchev–Trinajstić information content (AvgIpc) is 3.13. The molecule has 0 aliphatic rings. The zero-order chi connectivity index (χ0) is 17.1. The molecular weight excluding hydrogens is 315 g/mol. The highest BCUT2D eigenvalue weighted by molar-refractivity contribution is 5.89. The lowest BCUT2D eigenvalue weighted by atomic mass is 10.1. The van der Waals surface area contributed by atoms with Crippen molar-refractivity contribution in [1.82, 2.24) is 15.6 Å². The Bertz CT molecular complexity index is 872. The van der Waals surface area contributed by atoms with Gasteiger partial charge in [-0.2, -0.15) is 0 Å². The van der Waals surface area contributed by atoms with E-state index in [1.807, 2.05) is 0 Å². The van der Waals surface area contributed by atoms with E-state index in [0.717, 1.165) is 5.69 Å². The molecule has 2 aromatic heterocycles. The molecule has 1 aromatic carbocycles. The monoisotopic (exact) mass is 330 g/mol. The fraction of sp³-hybridized carbons (Fsp3) is 0.188. The van der Waals surface area contributed by atoms with E-state index < -0.39 is 11.8 Å². The van der Waals surface area contributed by atoms with Gasteiger partial charge in [-0.3, -0.25) is 5.32 Å². The van der Waals surface area contributed by atoms with Crippen molar-refractivity contribution in [2.45, 2.75) is 20.4 Å². The Hall–Kier alpha value is -3.16. The zero-order valence-corrected chi connectivity index (χ0v) is 13.1. The lowest BCUT2D eigenvalue weighted by Gasteiger charge is -2.04. The number of nitrogens with one attached hydrogen (secondary N) is 2. The quantitative estimate of drug-likeness (QED) is 0.764. The van der Waals surface area contributed by atoms with Crippen LogP contribution in [-0.2, 0) is 6.54 Å². The van der Waals surface area contributed by atoms with Crippen molar-refractivity contribution in [3.05, 3.63) is 53.2 Å². The van der Waals surface area contributed by atoms with E-state index in [-0.39, 0.29) is 23.7 Å². The molecule has 0 aliphatic heterocycles. The Labute approximate surface area is 136 Å². The standard InChI is InChI=1S/C16H15FN4O3/c1-9-7-11(23-20-9)8-18-16(22)19-15-10(2)14(24-21-15)12-5-3-4-6-13(12)17/h3-7H,8H2,1-2H3,(H2,18,19,21,22). The number of rotatable bonds is 4. The maximum Gasteiger partial charge on any atom is 0.320 e. The van der Waals surface area contributed by atoms with Crippen LogP contribution in [0.25, 0.3) is 11.3 Å². The molecule has 0 saturated carbocycles. The summed E-state index contributed by atoms with van der Waals surface area (Å²) in [5.41, 5.74) is 1.55. The van der Waals surface area contributed by atoms with E-state index in [2.05, 4.69) is 20.9 Å². The maximum absolute atomic E-state index is 13.8. The summed E-state index contributed by atoms with van der Waals surface area (Å²) in [7, 11) is 0. The van der Waals surface area contributed by atoms with Gasteiger partial charge in [-0.15, -0.1) is 0 Å². The molecule has 3 rings (SSSR count). The molecule has 7 nitrogen and oxygen atoms in total. The third-order valence-corrected chi connectivity index (χ3v) is 3.37. The number of carbonyl (C=O) groups excluding carboxylic acids is 1. The molecule has 24 heavy (non-hydrogen) atoms. The number of carbonyl (C=O) groups is 1. The molecule has 8 heteroatoms. The second-order valence-corrected chi connectivity index (χ2v) is 5.21. The van der Waals surface area contributed by atoms with Crippen molar-refractivity contribution in [1.29, 1.82) is 0 Å². The topological polar surface area (TPSA) is 93.2 Å². The summed E-state index contributed by atoms with van der Waals surface area (Å²) >= 11 is 0. The number of aryl methyl sites for hydroxylation is 1. The van der Waals surface area contributed by atoms with Gasteiger partial charge in [0.15, 0.2) is 17.3 Å². The predicted molar refractivity (Wildman–Crippen MR) is 83.7 cm³/mol. The summed E-state index contributed by atoms with van der Waals surface area (Å²) in [6.07, 6.45) is 0. The molecule has 3 aromatic rings.